The van der Waals surface area contributed by atoms with Crippen LogP contribution in [-0.2, 0) is 71.2 Å². The Morgan fingerprint density at radius 1 is 0.562 bits per heavy atom. The second-order valence-corrected chi connectivity index (χ2v) is 30.2. The summed E-state index contributed by atoms with van der Waals surface area (Å²) in [7, 11) is 0. The number of esters is 1. The molecule has 0 unspecified atom stereocenters. The summed E-state index contributed by atoms with van der Waals surface area (Å²) < 4.78 is 79.1. The van der Waals surface area contributed by atoms with Crippen molar-refractivity contribution < 1.29 is 153 Å². The summed E-state index contributed by atoms with van der Waals surface area (Å²) in [6.07, 6.45) is -45.3. The second-order valence-electron chi connectivity index (χ2n) is 30.2. The van der Waals surface area contributed by atoms with Crippen LogP contribution in [0.5, 0.6) is 0 Å². The molecule has 7 aliphatic heterocycles. The topological polar surface area (TPSA) is 478 Å². The van der Waals surface area contributed by atoms with E-state index in [2.05, 4.69) is 40.3 Å². The maximum absolute atomic E-state index is 14.6. The molecule has 96 heavy (non-hydrogen) atoms. The molecule has 0 radical (unpaired) electrons. The van der Waals surface area contributed by atoms with Gasteiger partial charge in [0.15, 0.2) is 37.7 Å². The highest BCUT2D eigenvalue weighted by Gasteiger charge is 2.79. The number of hydrogen-bond acceptors (Lipinski definition) is 31. The third-order valence-electron chi connectivity index (χ3n) is 23.8. The molecule has 0 aromatic carbocycles. The minimum atomic E-state index is -2.13. The summed E-state index contributed by atoms with van der Waals surface area (Å²) in [4.78, 5) is 29.1. The minimum Gasteiger partial charge on any atom is -0.458 e. The number of cyclic esters (lactones) is 1. The standard InChI is InChI=1S/C65H102O31/c1-24(2)11-10-16-64(9)53-29(69)19-63(8)28-12-13-34-61(5,6)35(15-17-62(34,7)27(28)14-18-65(53,63)60(83)96-64)90-59-52(47(30(70)23-84-59)93-58-45(80)49(38(73)32(21-67)89-58)94-56-42(77)39(74)36(71)25(3)85-56)95-57-43(78)41(76)46(26(4)86-57)91-51-44(79)48(33(22-68)88-55(51)82)92-50-40(75)37(72)31(20-66)87-54(50)81/h14,25-26,28,30-59,66-68,70-82H,1,10-13,15-23H2,2-9H3/t25-,26-,28-,30-,31-,32-,33-,34+,35+,36-,37-,38-,39+,40+,41-,42-,43-,44+,45-,46-,47+,48-,49+,50-,51-,52-,53-,54-,55-,56+,57+,58+,59+,62-,63+,64+,65-/m1/s1. The van der Waals surface area contributed by atoms with Gasteiger partial charge >= 0.3 is 5.97 Å². The van der Waals surface area contributed by atoms with E-state index in [0.29, 0.717) is 38.5 Å². The van der Waals surface area contributed by atoms with Gasteiger partial charge < -0.3 is 143 Å². The van der Waals surface area contributed by atoms with Gasteiger partial charge in [-0.2, -0.15) is 0 Å². The lowest BCUT2D eigenvalue weighted by molar-refractivity contribution is -0.399. The van der Waals surface area contributed by atoms with Crippen LogP contribution >= 0.6 is 0 Å². The maximum Gasteiger partial charge on any atom is 0.314 e. The molecule has 11 rings (SSSR count). The molecule has 1 spiro atoms. The van der Waals surface area contributed by atoms with E-state index >= 15 is 0 Å². The smallest absolute Gasteiger partial charge is 0.314 e. The third-order valence-corrected chi connectivity index (χ3v) is 23.8. The van der Waals surface area contributed by atoms with Gasteiger partial charge in [-0.05, 0) is 107 Å². The van der Waals surface area contributed by atoms with Crippen molar-refractivity contribution in [1.82, 2.24) is 0 Å². The van der Waals surface area contributed by atoms with E-state index in [1.807, 2.05) is 13.8 Å². The lowest BCUT2D eigenvalue weighted by atomic mass is 9.41. The molecule has 16 N–H and O–H groups in total. The van der Waals surface area contributed by atoms with Crippen LogP contribution in [0.3, 0.4) is 0 Å². The van der Waals surface area contributed by atoms with Crippen LogP contribution in [0.4, 0.5) is 0 Å². The second kappa shape index (κ2) is 28.3. The molecule has 10 fully saturated rings. The molecule has 0 aromatic heterocycles. The molecular formula is C65H102O31. The Morgan fingerprint density at radius 2 is 1.14 bits per heavy atom. The van der Waals surface area contributed by atoms with Gasteiger partial charge in [0.1, 0.15) is 140 Å². The van der Waals surface area contributed by atoms with E-state index in [-0.39, 0.29) is 30.0 Å². The van der Waals surface area contributed by atoms with Gasteiger partial charge in [0.2, 0.25) is 0 Å². The average Bonchev–Trinajstić information content (AvgIpc) is 1.45. The van der Waals surface area contributed by atoms with E-state index in [4.69, 9.17) is 61.6 Å². The van der Waals surface area contributed by atoms with Gasteiger partial charge in [-0.25, -0.2) is 0 Å². The summed E-state index contributed by atoms with van der Waals surface area (Å²) in [5.41, 5.74) is -1.72. The fraction of sp³-hybridized carbons (Fsp3) is 0.908. The largest absolute Gasteiger partial charge is 0.458 e. The highest BCUT2D eigenvalue weighted by Crippen LogP contribution is 2.75. The summed E-state index contributed by atoms with van der Waals surface area (Å²) in [5, 5.41) is 177. The quantitative estimate of drug-likeness (QED) is 0.0331. The predicted molar refractivity (Wildman–Crippen MR) is 320 cm³/mol. The van der Waals surface area contributed by atoms with E-state index < -0.39 is 244 Å². The summed E-state index contributed by atoms with van der Waals surface area (Å²) in [6, 6.07) is 0. The van der Waals surface area contributed by atoms with Crippen molar-refractivity contribution in [2.24, 2.45) is 39.4 Å². The molecule has 0 aromatic rings. The Balaban J connectivity index is 0.855. The van der Waals surface area contributed by atoms with E-state index in [1.54, 1.807) is 0 Å². The van der Waals surface area contributed by atoms with E-state index in [9.17, 15) is 91.3 Å². The van der Waals surface area contributed by atoms with Gasteiger partial charge in [-0.15, -0.1) is 6.58 Å². The minimum absolute atomic E-state index is 0.0418. The lowest BCUT2D eigenvalue weighted by Crippen LogP contribution is -2.68. The summed E-state index contributed by atoms with van der Waals surface area (Å²) in [6.45, 7) is 16.0. The van der Waals surface area contributed by atoms with Crippen molar-refractivity contribution in [2.45, 2.75) is 303 Å². The Hall–Kier alpha value is -2.50. The lowest BCUT2D eigenvalue weighted by Gasteiger charge is -2.63. The average molecular weight is 1380 g/mol. The number of carbonyl (C=O) groups is 2. The summed E-state index contributed by atoms with van der Waals surface area (Å²) >= 11 is 0. The number of fused-ring (bicyclic) bond motifs is 4. The van der Waals surface area contributed by atoms with Crippen LogP contribution in [0.1, 0.15) is 113 Å². The van der Waals surface area contributed by atoms with Crippen LogP contribution in [0.25, 0.3) is 0 Å². The fourth-order valence-electron chi connectivity index (χ4n) is 18.6. The van der Waals surface area contributed by atoms with Crippen molar-refractivity contribution in [3.8, 4) is 0 Å². The highest BCUT2D eigenvalue weighted by molar-refractivity contribution is 5.99. The molecule has 37 atom stereocenters. The number of aliphatic hydroxyl groups excluding tert-OH is 16. The van der Waals surface area contributed by atoms with Gasteiger partial charge in [-0.3, -0.25) is 9.59 Å². The molecule has 3 saturated carbocycles. The van der Waals surface area contributed by atoms with Crippen LogP contribution in [-0.4, -0.2) is 310 Å². The van der Waals surface area contributed by atoms with Crippen molar-refractivity contribution in [3.05, 3.63) is 23.8 Å². The van der Waals surface area contributed by atoms with Gasteiger partial charge in [-0.1, -0.05) is 44.9 Å². The number of ketones is 1. The maximum atomic E-state index is 14.6. The van der Waals surface area contributed by atoms with Crippen molar-refractivity contribution in [2.75, 3.05) is 26.4 Å². The van der Waals surface area contributed by atoms with Gasteiger partial charge in [0.05, 0.1) is 56.1 Å². The number of aliphatic hydroxyl groups is 16. The van der Waals surface area contributed by atoms with E-state index in [1.165, 1.54) is 19.4 Å². The Labute approximate surface area is 555 Å². The van der Waals surface area contributed by atoms with Gasteiger partial charge in [0.25, 0.3) is 0 Å². The van der Waals surface area contributed by atoms with Crippen molar-refractivity contribution in [3.63, 3.8) is 0 Å². The fourth-order valence-corrected chi connectivity index (χ4v) is 18.6. The number of Topliss-reactive ketones (excluding diaryl/α,β-unsaturated/α-hetero) is 1. The van der Waals surface area contributed by atoms with Gasteiger partial charge in [0, 0.05) is 6.42 Å². The molecule has 31 heteroatoms. The zero-order chi connectivity index (χ0) is 70.0. The number of hydrogen-bond donors (Lipinski definition) is 16. The molecule has 11 aliphatic rings. The Kier molecular flexibility index (Phi) is 22.0. The molecular weight excluding hydrogens is 1280 g/mol. The summed E-state index contributed by atoms with van der Waals surface area (Å²) in [5.74, 6) is -1.09. The van der Waals surface area contributed by atoms with Crippen LogP contribution in [0.2, 0.25) is 0 Å². The molecule has 0 bridgehead atoms. The van der Waals surface area contributed by atoms with Crippen LogP contribution in [0, 0.1) is 39.4 Å². The zero-order valence-corrected chi connectivity index (χ0v) is 55.3. The predicted octanol–water partition coefficient (Wildman–Crippen LogP) is -4.19. The highest BCUT2D eigenvalue weighted by atomic mass is 16.8. The number of carbonyl (C=O) groups excluding carboxylic acids is 2. The molecule has 0 amide bonds. The van der Waals surface area contributed by atoms with Crippen LogP contribution < -0.4 is 0 Å². The number of rotatable bonds is 19. The number of ether oxygens (including phenoxy) is 13. The first kappa shape index (κ1) is 74.7. The van der Waals surface area contributed by atoms with Crippen molar-refractivity contribution in [1.29, 1.82) is 0 Å². The number of allylic oxidation sites excluding steroid dienone is 3. The molecule has 31 nitrogen and oxygen atoms in total. The monoisotopic (exact) mass is 1380 g/mol. The van der Waals surface area contributed by atoms with Crippen molar-refractivity contribution >= 4 is 11.8 Å². The third kappa shape index (κ3) is 12.6. The molecule has 4 aliphatic carbocycles. The SMILES string of the molecule is C=C(C)CCC[C@]1(C)OC(=O)[C@]23CC=C4[C@@H](CC[C@H]5C(C)(C)[C@@H](O[C@@H]6OC[C@@H](O)[C@H](O[C@@H]7O[C@H](CO)[C@@H](O)[C@H](O[C@@H]8O[C@H](C)[C@@H](O)[C@H](O)[C@H]8O)[C@H]7O)[C@H]6O[C@@H]6O[C@H](C)[C@@H](O[C@@H]7[C@@H](O)[C@H](O[C@@H]8[C@@H](O)[C@H](O)[C@@H](CO)O[C@H]8O)[C@@H](CO)O[C@H]7O)[C@H](O)[C@H]6O)CC[C@]45C)[C@]2(C)CC(=O)[C@@H]31. The van der Waals surface area contributed by atoms with Crippen LogP contribution in [0.15, 0.2) is 23.8 Å². The first-order chi connectivity index (χ1) is 45.1. The Morgan fingerprint density at radius 3 is 1.79 bits per heavy atom. The van der Waals surface area contributed by atoms with E-state index in [0.717, 1.165) is 18.4 Å². The molecule has 7 saturated heterocycles. The Bertz CT molecular complexity index is 2780. The molecule has 7 heterocycles. The first-order valence-corrected chi connectivity index (χ1v) is 33.7. The molecule has 548 valence electrons. The first-order valence-electron chi connectivity index (χ1n) is 33.7. The normalized spacial score (nSPS) is 53.3. The zero-order valence-electron chi connectivity index (χ0n) is 55.3.